The van der Waals surface area contributed by atoms with Crippen LogP contribution in [-0.4, -0.2) is 6.04 Å². The molecule has 1 nitrogen and oxygen atoms in total. The number of halogens is 1. The van der Waals surface area contributed by atoms with Crippen molar-refractivity contribution in [2.24, 2.45) is 17.1 Å². The van der Waals surface area contributed by atoms with Crippen LogP contribution in [0.4, 0.5) is 0 Å². The molecule has 0 heterocycles. The Morgan fingerprint density at radius 1 is 1.17 bits per heavy atom. The summed E-state index contributed by atoms with van der Waals surface area (Å²) < 4.78 is 0. The Balaban J connectivity index is 2.41. The van der Waals surface area contributed by atoms with Gasteiger partial charge in [0.25, 0.3) is 0 Å². The molecule has 0 radical (unpaired) electrons. The van der Waals surface area contributed by atoms with Gasteiger partial charge in [0, 0.05) is 11.1 Å². The summed E-state index contributed by atoms with van der Waals surface area (Å²) in [6.07, 6.45) is 3.24. The molecule has 0 aromatic heterocycles. The summed E-state index contributed by atoms with van der Waals surface area (Å²) in [6, 6.07) is 8.24. The van der Waals surface area contributed by atoms with Crippen LogP contribution in [0.1, 0.15) is 46.1 Å². The van der Waals surface area contributed by atoms with Crippen LogP contribution in [0.25, 0.3) is 0 Å². The van der Waals surface area contributed by atoms with E-state index in [0.29, 0.717) is 11.3 Å². The minimum absolute atomic E-state index is 0.239. The van der Waals surface area contributed by atoms with Crippen LogP contribution in [0.2, 0.25) is 5.02 Å². The average molecular weight is 268 g/mol. The third kappa shape index (κ3) is 6.42. The highest BCUT2D eigenvalue weighted by Gasteiger charge is 2.17. The third-order valence-electron chi connectivity index (χ3n) is 3.08. The van der Waals surface area contributed by atoms with Gasteiger partial charge in [-0.15, -0.1) is 0 Å². The first-order valence-corrected chi connectivity index (χ1v) is 7.14. The molecule has 102 valence electrons. The van der Waals surface area contributed by atoms with E-state index in [4.69, 9.17) is 17.3 Å². The lowest BCUT2D eigenvalue weighted by Gasteiger charge is -2.25. The molecule has 0 saturated heterocycles. The minimum atomic E-state index is 0.239. The summed E-state index contributed by atoms with van der Waals surface area (Å²) >= 11 is 5.87. The minimum Gasteiger partial charge on any atom is -0.327 e. The van der Waals surface area contributed by atoms with Crippen LogP contribution < -0.4 is 5.73 Å². The Morgan fingerprint density at radius 3 is 2.22 bits per heavy atom. The van der Waals surface area contributed by atoms with Gasteiger partial charge >= 0.3 is 0 Å². The first kappa shape index (κ1) is 15.5. The zero-order valence-electron chi connectivity index (χ0n) is 12.0. The van der Waals surface area contributed by atoms with Crippen LogP contribution >= 0.6 is 11.6 Å². The van der Waals surface area contributed by atoms with Gasteiger partial charge in [0.05, 0.1) is 0 Å². The highest BCUT2D eigenvalue weighted by atomic mass is 35.5. The Hall–Kier alpha value is -0.530. The van der Waals surface area contributed by atoms with Crippen molar-refractivity contribution in [2.75, 3.05) is 0 Å². The van der Waals surface area contributed by atoms with Gasteiger partial charge in [-0.05, 0) is 48.3 Å². The quantitative estimate of drug-likeness (QED) is 0.824. The predicted molar refractivity (Wildman–Crippen MR) is 81.0 cm³/mol. The molecular formula is C16H26ClN. The van der Waals surface area contributed by atoms with E-state index >= 15 is 0 Å². The van der Waals surface area contributed by atoms with Gasteiger partial charge in [-0.2, -0.15) is 0 Å². The molecule has 0 spiro atoms. The maximum atomic E-state index is 6.23. The number of rotatable bonds is 5. The maximum Gasteiger partial charge on any atom is 0.0406 e. The highest BCUT2D eigenvalue weighted by Crippen LogP contribution is 2.26. The standard InChI is InChI=1S/C16H26ClN/c1-12(11-16(2,3)4)9-15(18)10-13-5-7-14(17)8-6-13/h5-8,12,15H,9-11,18H2,1-4H3. The zero-order chi connectivity index (χ0) is 13.8. The Bertz CT molecular complexity index is 350. The molecular weight excluding hydrogens is 242 g/mol. The predicted octanol–water partition coefficient (Wildman–Crippen LogP) is 4.67. The Labute approximate surface area is 117 Å². The third-order valence-corrected chi connectivity index (χ3v) is 3.33. The summed E-state index contributed by atoms with van der Waals surface area (Å²) in [5, 5.41) is 0.786. The molecule has 0 aliphatic rings. The molecule has 2 N–H and O–H groups in total. The first-order valence-electron chi connectivity index (χ1n) is 6.76. The topological polar surface area (TPSA) is 26.0 Å². The summed E-state index contributed by atoms with van der Waals surface area (Å²) in [5.41, 5.74) is 7.89. The van der Waals surface area contributed by atoms with E-state index in [1.807, 2.05) is 12.1 Å². The number of hydrogen-bond acceptors (Lipinski definition) is 1. The van der Waals surface area contributed by atoms with E-state index in [-0.39, 0.29) is 6.04 Å². The molecule has 2 unspecified atom stereocenters. The molecule has 0 aliphatic carbocycles. The van der Waals surface area contributed by atoms with Gasteiger partial charge in [0.1, 0.15) is 0 Å². The summed E-state index contributed by atoms with van der Waals surface area (Å²) in [6.45, 7) is 9.16. The zero-order valence-corrected chi connectivity index (χ0v) is 12.8. The molecule has 0 saturated carbocycles. The van der Waals surface area contributed by atoms with Gasteiger partial charge in [-0.25, -0.2) is 0 Å². The highest BCUT2D eigenvalue weighted by molar-refractivity contribution is 6.30. The lowest BCUT2D eigenvalue weighted by atomic mass is 9.82. The molecule has 2 heteroatoms. The van der Waals surface area contributed by atoms with Crippen molar-refractivity contribution >= 4 is 11.6 Å². The van der Waals surface area contributed by atoms with Crippen LogP contribution in [0.3, 0.4) is 0 Å². The molecule has 0 amide bonds. The van der Waals surface area contributed by atoms with E-state index < -0.39 is 0 Å². The summed E-state index contributed by atoms with van der Waals surface area (Å²) in [4.78, 5) is 0. The Kier molecular flexibility index (Phi) is 5.68. The molecule has 0 fully saturated rings. The average Bonchev–Trinajstić information content (AvgIpc) is 2.18. The second kappa shape index (κ2) is 6.58. The second-order valence-corrected chi connectivity index (χ2v) is 7.13. The second-order valence-electron chi connectivity index (χ2n) is 6.70. The van der Waals surface area contributed by atoms with E-state index in [1.165, 1.54) is 12.0 Å². The Morgan fingerprint density at radius 2 is 1.72 bits per heavy atom. The smallest absolute Gasteiger partial charge is 0.0406 e. The van der Waals surface area contributed by atoms with Crippen molar-refractivity contribution in [1.82, 2.24) is 0 Å². The molecule has 1 rings (SSSR count). The van der Waals surface area contributed by atoms with Crippen molar-refractivity contribution in [3.63, 3.8) is 0 Å². The molecule has 1 aromatic rings. The van der Waals surface area contributed by atoms with Crippen LogP contribution in [-0.2, 0) is 6.42 Å². The van der Waals surface area contributed by atoms with Gasteiger partial charge < -0.3 is 5.73 Å². The number of nitrogens with two attached hydrogens (primary N) is 1. The van der Waals surface area contributed by atoms with E-state index in [1.54, 1.807) is 0 Å². The fraction of sp³-hybridized carbons (Fsp3) is 0.625. The monoisotopic (exact) mass is 267 g/mol. The molecule has 18 heavy (non-hydrogen) atoms. The normalized spacial score (nSPS) is 15.4. The maximum absolute atomic E-state index is 6.23. The van der Waals surface area contributed by atoms with Crippen molar-refractivity contribution in [3.8, 4) is 0 Å². The lowest BCUT2D eigenvalue weighted by Crippen LogP contribution is -2.26. The van der Waals surface area contributed by atoms with Gasteiger partial charge in [0.15, 0.2) is 0 Å². The van der Waals surface area contributed by atoms with E-state index in [2.05, 4.69) is 39.8 Å². The summed E-state index contributed by atoms with van der Waals surface area (Å²) in [7, 11) is 0. The molecule has 1 aromatic carbocycles. The van der Waals surface area contributed by atoms with Crippen LogP contribution in [0.15, 0.2) is 24.3 Å². The van der Waals surface area contributed by atoms with Crippen molar-refractivity contribution in [1.29, 1.82) is 0 Å². The van der Waals surface area contributed by atoms with Crippen LogP contribution in [0, 0.1) is 11.3 Å². The molecule has 2 atom stereocenters. The molecule has 0 bridgehead atoms. The number of hydrogen-bond donors (Lipinski definition) is 1. The summed E-state index contributed by atoms with van der Waals surface area (Å²) in [5.74, 6) is 0.673. The van der Waals surface area contributed by atoms with Crippen LogP contribution in [0.5, 0.6) is 0 Å². The fourth-order valence-electron chi connectivity index (χ4n) is 2.65. The largest absolute Gasteiger partial charge is 0.327 e. The molecule has 0 aliphatic heterocycles. The van der Waals surface area contributed by atoms with Crippen molar-refractivity contribution in [2.45, 2.75) is 53.0 Å². The van der Waals surface area contributed by atoms with E-state index in [9.17, 15) is 0 Å². The van der Waals surface area contributed by atoms with E-state index in [0.717, 1.165) is 17.9 Å². The lowest BCUT2D eigenvalue weighted by molar-refractivity contribution is 0.285. The number of benzene rings is 1. The van der Waals surface area contributed by atoms with Gasteiger partial charge in [0.2, 0.25) is 0 Å². The first-order chi connectivity index (χ1) is 8.26. The van der Waals surface area contributed by atoms with Crippen molar-refractivity contribution in [3.05, 3.63) is 34.9 Å². The SMILES string of the molecule is CC(CC(N)Cc1ccc(Cl)cc1)CC(C)(C)C. The van der Waals surface area contributed by atoms with Crippen molar-refractivity contribution < 1.29 is 0 Å². The van der Waals surface area contributed by atoms with Gasteiger partial charge in [-0.3, -0.25) is 0 Å². The van der Waals surface area contributed by atoms with Gasteiger partial charge in [-0.1, -0.05) is 51.4 Å². The fourth-order valence-corrected chi connectivity index (χ4v) is 2.78.